The normalized spacial score (nSPS) is 20.6. The summed E-state index contributed by atoms with van der Waals surface area (Å²) >= 11 is 0. The topological polar surface area (TPSA) is 92.1 Å². The lowest BCUT2D eigenvalue weighted by Gasteiger charge is -2.34. The number of rotatable bonds is 4. The monoisotopic (exact) mass is 322 g/mol. The highest BCUT2D eigenvalue weighted by Crippen LogP contribution is 2.29. The molecule has 6 nitrogen and oxygen atoms in total. The van der Waals surface area contributed by atoms with Crippen molar-refractivity contribution >= 4 is 22.4 Å². The lowest BCUT2D eigenvalue weighted by atomic mass is 10.0. The summed E-state index contributed by atoms with van der Waals surface area (Å²) in [6, 6.07) is 0.0254. The number of aryl methyl sites for hydroxylation is 2. The maximum Gasteiger partial charge on any atom is 0.246 e. The molecule has 0 saturated carbocycles. The third-order valence-electron chi connectivity index (χ3n) is 3.70. The summed E-state index contributed by atoms with van der Waals surface area (Å²) in [5.74, 6) is 0. The lowest BCUT2D eigenvalue weighted by Crippen LogP contribution is -2.44. The molecule has 2 heterocycles. The molecule has 0 spiro atoms. The van der Waals surface area contributed by atoms with Crippen LogP contribution in [-0.4, -0.2) is 42.1 Å². The average molecular weight is 323 g/mol. The molecule has 3 N–H and O–H groups in total. The number of halogens is 1. The first-order valence-electron chi connectivity index (χ1n) is 6.72. The molecule has 0 amide bonds. The minimum absolute atomic E-state index is 0. The standard InChI is InChI=1S/C12H22N4O2S.ClH/c1-9-12(10(2)15-14-9)19(17,18)16-8-4-3-5-11(16)6-7-13;/h11H,3-8,13H2,1-2H3,(H,14,15);1H. The molecule has 1 atom stereocenters. The van der Waals surface area contributed by atoms with Gasteiger partial charge in [0.2, 0.25) is 10.0 Å². The van der Waals surface area contributed by atoms with Crippen LogP contribution in [0.25, 0.3) is 0 Å². The van der Waals surface area contributed by atoms with Crippen LogP contribution in [-0.2, 0) is 10.0 Å². The number of nitrogens with one attached hydrogen (secondary N) is 1. The molecule has 1 aromatic rings. The molecule has 1 aliphatic rings. The van der Waals surface area contributed by atoms with Gasteiger partial charge in [0.1, 0.15) is 4.90 Å². The second-order valence-electron chi connectivity index (χ2n) is 5.11. The van der Waals surface area contributed by atoms with Crippen LogP contribution in [0.1, 0.15) is 37.1 Å². The summed E-state index contributed by atoms with van der Waals surface area (Å²) in [6.07, 6.45) is 3.60. The number of hydrogen-bond donors (Lipinski definition) is 2. The van der Waals surface area contributed by atoms with Gasteiger partial charge in [0.15, 0.2) is 0 Å². The number of H-pyrrole nitrogens is 1. The predicted molar refractivity (Wildman–Crippen MR) is 80.5 cm³/mol. The van der Waals surface area contributed by atoms with Crippen molar-refractivity contribution < 1.29 is 8.42 Å². The van der Waals surface area contributed by atoms with Gasteiger partial charge in [0, 0.05) is 12.6 Å². The SMILES string of the molecule is Cc1n[nH]c(C)c1S(=O)(=O)N1CCCCC1CCN.Cl. The minimum Gasteiger partial charge on any atom is -0.330 e. The van der Waals surface area contributed by atoms with Gasteiger partial charge in [-0.15, -0.1) is 12.4 Å². The van der Waals surface area contributed by atoms with Gasteiger partial charge < -0.3 is 5.73 Å². The summed E-state index contributed by atoms with van der Waals surface area (Å²) in [6.45, 7) is 4.56. The summed E-state index contributed by atoms with van der Waals surface area (Å²) in [4.78, 5) is 0.330. The molecule has 1 aromatic heterocycles. The number of hydrogen-bond acceptors (Lipinski definition) is 4. The fraction of sp³-hybridized carbons (Fsp3) is 0.750. The van der Waals surface area contributed by atoms with Crippen LogP contribution < -0.4 is 5.73 Å². The van der Waals surface area contributed by atoms with E-state index in [1.807, 2.05) is 0 Å². The number of aromatic amines is 1. The van der Waals surface area contributed by atoms with Crippen molar-refractivity contribution in [3.8, 4) is 0 Å². The molecular formula is C12H23ClN4O2S. The van der Waals surface area contributed by atoms with Gasteiger partial charge in [-0.1, -0.05) is 6.42 Å². The number of nitrogens with zero attached hydrogens (tertiary/aromatic N) is 2. The quantitative estimate of drug-likeness (QED) is 0.875. The summed E-state index contributed by atoms with van der Waals surface area (Å²) in [5, 5.41) is 6.74. The molecule has 1 aliphatic heterocycles. The number of aromatic nitrogens is 2. The minimum atomic E-state index is -3.47. The van der Waals surface area contributed by atoms with Crippen molar-refractivity contribution in [2.24, 2.45) is 5.73 Å². The Morgan fingerprint density at radius 3 is 2.65 bits per heavy atom. The molecule has 0 radical (unpaired) electrons. The Bertz CT molecular complexity index is 522. The highest BCUT2D eigenvalue weighted by atomic mass is 35.5. The Morgan fingerprint density at radius 1 is 1.40 bits per heavy atom. The van der Waals surface area contributed by atoms with Crippen LogP contribution in [0.2, 0.25) is 0 Å². The zero-order valence-corrected chi connectivity index (χ0v) is 13.6. The maximum absolute atomic E-state index is 12.8. The summed E-state index contributed by atoms with van der Waals surface area (Å²) in [5.41, 5.74) is 6.75. The van der Waals surface area contributed by atoms with E-state index in [1.165, 1.54) is 0 Å². The van der Waals surface area contributed by atoms with Gasteiger partial charge in [-0.25, -0.2) is 8.42 Å². The van der Waals surface area contributed by atoms with Crippen molar-refractivity contribution in [1.82, 2.24) is 14.5 Å². The van der Waals surface area contributed by atoms with Crippen molar-refractivity contribution in [2.45, 2.75) is 50.5 Å². The number of piperidine rings is 1. The zero-order chi connectivity index (χ0) is 14.0. The number of sulfonamides is 1. The molecule has 2 rings (SSSR count). The van der Waals surface area contributed by atoms with E-state index in [1.54, 1.807) is 18.2 Å². The fourth-order valence-corrected chi connectivity index (χ4v) is 4.87. The molecule has 0 bridgehead atoms. The predicted octanol–water partition coefficient (Wildman–Crippen LogP) is 1.34. The van der Waals surface area contributed by atoms with E-state index in [9.17, 15) is 8.42 Å². The Kier molecular flexibility index (Phi) is 6.00. The molecule has 1 fully saturated rings. The third kappa shape index (κ3) is 3.16. The van der Waals surface area contributed by atoms with Crippen LogP contribution in [0.3, 0.4) is 0 Å². The highest BCUT2D eigenvalue weighted by Gasteiger charge is 2.35. The molecule has 1 saturated heterocycles. The van der Waals surface area contributed by atoms with Crippen molar-refractivity contribution in [3.63, 3.8) is 0 Å². The van der Waals surface area contributed by atoms with Crippen LogP contribution in [0.4, 0.5) is 0 Å². The molecule has 0 aliphatic carbocycles. The second kappa shape index (κ2) is 6.89. The summed E-state index contributed by atoms with van der Waals surface area (Å²) < 4.78 is 27.2. The fourth-order valence-electron chi connectivity index (χ4n) is 2.81. The van der Waals surface area contributed by atoms with Gasteiger partial charge in [0.05, 0.1) is 11.4 Å². The van der Waals surface area contributed by atoms with Crippen LogP contribution in [0, 0.1) is 13.8 Å². The molecular weight excluding hydrogens is 300 g/mol. The molecule has 20 heavy (non-hydrogen) atoms. The van der Waals surface area contributed by atoms with Crippen molar-refractivity contribution in [1.29, 1.82) is 0 Å². The first kappa shape index (κ1) is 17.4. The van der Waals surface area contributed by atoms with Gasteiger partial charge in [-0.3, -0.25) is 5.10 Å². The van der Waals surface area contributed by atoms with E-state index in [4.69, 9.17) is 5.73 Å². The van der Waals surface area contributed by atoms with E-state index < -0.39 is 10.0 Å². The van der Waals surface area contributed by atoms with Crippen LogP contribution in [0.5, 0.6) is 0 Å². The maximum atomic E-state index is 12.8. The Labute approximate surface area is 126 Å². The van der Waals surface area contributed by atoms with Crippen molar-refractivity contribution in [2.75, 3.05) is 13.1 Å². The summed E-state index contributed by atoms with van der Waals surface area (Å²) in [7, 11) is -3.47. The Balaban J connectivity index is 0.00000200. The van der Waals surface area contributed by atoms with Gasteiger partial charge in [0.25, 0.3) is 0 Å². The molecule has 8 heteroatoms. The van der Waals surface area contributed by atoms with Gasteiger partial charge in [-0.2, -0.15) is 9.40 Å². The van der Waals surface area contributed by atoms with Gasteiger partial charge in [-0.05, 0) is 39.7 Å². The Morgan fingerprint density at radius 2 is 2.10 bits per heavy atom. The zero-order valence-electron chi connectivity index (χ0n) is 11.9. The molecule has 116 valence electrons. The van der Waals surface area contributed by atoms with E-state index in [-0.39, 0.29) is 18.4 Å². The molecule has 0 aromatic carbocycles. The first-order valence-corrected chi connectivity index (χ1v) is 8.16. The van der Waals surface area contributed by atoms with Crippen LogP contribution in [0.15, 0.2) is 4.90 Å². The Hall–Kier alpha value is -0.630. The average Bonchev–Trinajstić information content (AvgIpc) is 2.70. The second-order valence-corrected chi connectivity index (χ2v) is 6.93. The van der Waals surface area contributed by atoms with E-state index in [0.29, 0.717) is 29.4 Å². The smallest absolute Gasteiger partial charge is 0.246 e. The van der Waals surface area contributed by atoms with E-state index in [2.05, 4.69) is 10.2 Å². The van der Waals surface area contributed by atoms with E-state index >= 15 is 0 Å². The highest BCUT2D eigenvalue weighted by molar-refractivity contribution is 7.89. The first-order chi connectivity index (χ1) is 8.98. The lowest BCUT2D eigenvalue weighted by molar-refractivity contribution is 0.243. The largest absolute Gasteiger partial charge is 0.330 e. The van der Waals surface area contributed by atoms with Crippen LogP contribution >= 0.6 is 12.4 Å². The van der Waals surface area contributed by atoms with Gasteiger partial charge >= 0.3 is 0 Å². The molecule has 1 unspecified atom stereocenters. The van der Waals surface area contributed by atoms with E-state index in [0.717, 1.165) is 25.7 Å². The van der Waals surface area contributed by atoms with Crippen molar-refractivity contribution in [3.05, 3.63) is 11.4 Å². The third-order valence-corrected chi connectivity index (χ3v) is 5.92. The number of nitrogens with two attached hydrogens (primary N) is 1.